The average molecular weight is 425 g/mol. The third kappa shape index (κ3) is 4.16. The minimum Gasteiger partial charge on any atom is -0.497 e. The Bertz CT molecular complexity index is 1060. The van der Waals surface area contributed by atoms with Gasteiger partial charge in [0, 0.05) is 29.7 Å². The summed E-state index contributed by atoms with van der Waals surface area (Å²) in [6, 6.07) is 16.4. The maximum absolute atomic E-state index is 12.8. The fraction of sp³-hybridized carbons (Fsp3) is 0.227. The molecule has 0 aliphatic carbocycles. The number of carbonyl (C=O) groups excluding carboxylic acids is 2. The number of rotatable bonds is 6. The predicted octanol–water partition coefficient (Wildman–Crippen LogP) is 3.59. The largest absolute Gasteiger partial charge is 0.497 e. The molecule has 0 saturated carbocycles. The fourth-order valence-electron chi connectivity index (χ4n) is 3.48. The molecule has 1 aliphatic heterocycles. The molecule has 2 heterocycles. The second-order valence-electron chi connectivity index (χ2n) is 7.06. The number of carbonyl (C=O) groups is 2. The van der Waals surface area contributed by atoms with Crippen molar-refractivity contribution < 1.29 is 14.3 Å². The summed E-state index contributed by atoms with van der Waals surface area (Å²) in [5, 5.41) is 7.82. The zero-order valence-corrected chi connectivity index (χ0v) is 17.2. The van der Waals surface area contributed by atoms with Crippen molar-refractivity contribution in [2.75, 3.05) is 23.9 Å². The SMILES string of the molecule is COc1ccc(N2C[C@@H](C(=O)Nc3ccnn3Cc3ccccc3Cl)CC2=O)cc1. The number of benzene rings is 2. The van der Waals surface area contributed by atoms with Crippen LogP contribution in [-0.4, -0.2) is 35.2 Å². The Morgan fingerprint density at radius 3 is 2.70 bits per heavy atom. The van der Waals surface area contributed by atoms with Crippen LogP contribution in [0.5, 0.6) is 5.75 Å². The van der Waals surface area contributed by atoms with E-state index in [-0.39, 0.29) is 18.2 Å². The van der Waals surface area contributed by atoms with Gasteiger partial charge in [-0.1, -0.05) is 29.8 Å². The fourth-order valence-corrected chi connectivity index (χ4v) is 3.67. The van der Waals surface area contributed by atoms with Gasteiger partial charge >= 0.3 is 0 Å². The Kier molecular flexibility index (Phi) is 5.72. The van der Waals surface area contributed by atoms with Crippen LogP contribution in [0, 0.1) is 5.92 Å². The maximum Gasteiger partial charge on any atom is 0.230 e. The lowest BCUT2D eigenvalue weighted by Crippen LogP contribution is -2.28. The molecule has 0 spiro atoms. The second kappa shape index (κ2) is 8.59. The van der Waals surface area contributed by atoms with Crippen molar-refractivity contribution in [2.24, 2.45) is 5.92 Å². The molecule has 154 valence electrons. The molecule has 30 heavy (non-hydrogen) atoms. The van der Waals surface area contributed by atoms with Gasteiger partial charge in [0.05, 0.1) is 25.8 Å². The van der Waals surface area contributed by atoms with Crippen LogP contribution in [0.4, 0.5) is 11.5 Å². The normalized spacial score (nSPS) is 16.0. The molecule has 1 N–H and O–H groups in total. The molecule has 4 rings (SSSR count). The summed E-state index contributed by atoms with van der Waals surface area (Å²) >= 11 is 6.23. The van der Waals surface area contributed by atoms with Crippen molar-refractivity contribution in [2.45, 2.75) is 13.0 Å². The molecular formula is C22H21ClN4O3. The lowest BCUT2D eigenvalue weighted by Gasteiger charge is -2.17. The minimum atomic E-state index is -0.441. The zero-order valence-electron chi connectivity index (χ0n) is 16.4. The molecule has 1 saturated heterocycles. The number of halogens is 1. The molecule has 0 radical (unpaired) electrons. The molecule has 8 heteroatoms. The van der Waals surface area contributed by atoms with Crippen LogP contribution in [0.2, 0.25) is 5.02 Å². The maximum atomic E-state index is 12.8. The van der Waals surface area contributed by atoms with E-state index in [0.717, 1.165) is 11.3 Å². The van der Waals surface area contributed by atoms with Crippen molar-refractivity contribution in [1.29, 1.82) is 0 Å². The van der Waals surface area contributed by atoms with E-state index in [0.29, 0.717) is 29.7 Å². The number of nitrogens with zero attached hydrogens (tertiary/aromatic N) is 3. The molecular weight excluding hydrogens is 404 g/mol. The standard InChI is InChI=1S/C22H21ClN4O3/c1-30-18-8-6-17(7-9-18)26-13-16(12-21(26)28)22(29)25-20-10-11-24-27(20)14-15-4-2-3-5-19(15)23/h2-11,16H,12-14H2,1H3,(H,25,29)/t16-/m0/s1. The van der Waals surface area contributed by atoms with Crippen LogP contribution < -0.4 is 15.0 Å². The van der Waals surface area contributed by atoms with E-state index >= 15 is 0 Å². The average Bonchev–Trinajstić information content (AvgIpc) is 3.36. The smallest absolute Gasteiger partial charge is 0.230 e. The first-order valence-corrected chi connectivity index (χ1v) is 9.93. The first-order valence-electron chi connectivity index (χ1n) is 9.55. The molecule has 0 bridgehead atoms. The van der Waals surface area contributed by atoms with Gasteiger partial charge in [-0.3, -0.25) is 9.59 Å². The van der Waals surface area contributed by atoms with E-state index in [1.54, 1.807) is 41.1 Å². The van der Waals surface area contributed by atoms with E-state index in [9.17, 15) is 9.59 Å². The molecule has 2 amide bonds. The summed E-state index contributed by atoms with van der Waals surface area (Å²) in [6.07, 6.45) is 1.78. The summed E-state index contributed by atoms with van der Waals surface area (Å²) in [4.78, 5) is 26.9. The van der Waals surface area contributed by atoms with E-state index in [2.05, 4.69) is 10.4 Å². The van der Waals surface area contributed by atoms with Crippen molar-refractivity contribution in [1.82, 2.24) is 9.78 Å². The molecule has 2 aromatic carbocycles. The summed E-state index contributed by atoms with van der Waals surface area (Å²) < 4.78 is 6.83. The first-order chi connectivity index (χ1) is 14.5. The quantitative estimate of drug-likeness (QED) is 0.656. The highest BCUT2D eigenvalue weighted by molar-refractivity contribution is 6.31. The van der Waals surface area contributed by atoms with Crippen molar-refractivity contribution in [3.63, 3.8) is 0 Å². The van der Waals surface area contributed by atoms with Gasteiger partial charge in [-0.15, -0.1) is 0 Å². The van der Waals surface area contributed by atoms with Gasteiger partial charge in [0.1, 0.15) is 11.6 Å². The van der Waals surface area contributed by atoms with Crippen LogP contribution >= 0.6 is 11.6 Å². The molecule has 1 atom stereocenters. The Labute approximate surface area is 179 Å². The molecule has 0 unspecified atom stereocenters. The summed E-state index contributed by atoms with van der Waals surface area (Å²) in [5.74, 6) is 0.551. The lowest BCUT2D eigenvalue weighted by atomic mass is 10.1. The van der Waals surface area contributed by atoms with E-state index in [1.807, 2.05) is 36.4 Å². The Hall–Kier alpha value is -3.32. The van der Waals surface area contributed by atoms with Gasteiger partial charge < -0.3 is 15.0 Å². The second-order valence-corrected chi connectivity index (χ2v) is 7.47. The number of hydrogen-bond donors (Lipinski definition) is 1. The summed E-state index contributed by atoms with van der Waals surface area (Å²) in [6.45, 7) is 0.763. The predicted molar refractivity (Wildman–Crippen MR) is 115 cm³/mol. The monoisotopic (exact) mass is 424 g/mol. The zero-order chi connectivity index (χ0) is 21.1. The number of methoxy groups -OCH3 is 1. The third-order valence-electron chi connectivity index (χ3n) is 5.13. The highest BCUT2D eigenvalue weighted by Gasteiger charge is 2.35. The summed E-state index contributed by atoms with van der Waals surface area (Å²) in [5.41, 5.74) is 1.65. The molecule has 1 fully saturated rings. The van der Waals surface area contributed by atoms with Crippen molar-refractivity contribution in [3.8, 4) is 5.75 Å². The summed E-state index contributed by atoms with van der Waals surface area (Å²) in [7, 11) is 1.59. The van der Waals surface area contributed by atoms with E-state index in [1.165, 1.54) is 0 Å². The van der Waals surface area contributed by atoms with Crippen LogP contribution in [0.1, 0.15) is 12.0 Å². The molecule has 7 nitrogen and oxygen atoms in total. The Balaban J connectivity index is 1.43. The molecule has 1 aliphatic rings. The minimum absolute atomic E-state index is 0.0788. The van der Waals surface area contributed by atoms with Gasteiger partial charge in [0.15, 0.2) is 0 Å². The van der Waals surface area contributed by atoms with Crippen LogP contribution in [0.3, 0.4) is 0 Å². The lowest BCUT2D eigenvalue weighted by molar-refractivity contribution is -0.122. The first kappa shape index (κ1) is 20.0. The number of anilines is 2. The third-order valence-corrected chi connectivity index (χ3v) is 5.49. The number of nitrogens with one attached hydrogen (secondary N) is 1. The van der Waals surface area contributed by atoms with Crippen molar-refractivity contribution >= 4 is 34.9 Å². The molecule has 1 aromatic heterocycles. The number of amides is 2. The highest BCUT2D eigenvalue weighted by atomic mass is 35.5. The van der Waals surface area contributed by atoms with Crippen LogP contribution in [-0.2, 0) is 16.1 Å². The van der Waals surface area contributed by atoms with Gasteiger partial charge in [0.2, 0.25) is 11.8 Å². The highest BCUT2D eigenvalue weighted by Crippen LogP contribution is 2.28. The van der Waals surface area contributed by atoms with E-state index in [4.69, 9.17) is 16.3 Å². The van der Waals surface area contributed by atoms with Crippen molar-refractivity contribution in [3.05, 3.63) is 71.4 Å². The van der Waals surface area contributed by atoms with Gasteiger partial charge in [-0.2, -0.15) is 5.10 Å². The van der Waals surface area contributed by atoms with Gasteiger partial charge in [0.25, 0.3) is 0 Å². The molecule has 3 aromatic rings. The topological polar surface area (TPSA) is 76.5 Å². The Morgan fingerprint density at radius 1 is 1.20 bits per heavy atom. The van der Waals surface area contributed by atoms with Crippen LogP contribution in [0.15, 0.2) is 60.8 Å². The van der Waals surface area contributed by atoms with Crippen LogP contribution in [0.25, 0.3) is 0 Å². The Morgan fingerprint density at radius 2 is 1.97 bits per heavy atom. The van der Waals surface area contributed by atoms with Gasteiger partial charge in [-0.05, 0) is 35.9 Å². The van der Waals surface area contributed by atoms with E-state index < -0.39 is 5.92 Å². The number of ether oxygens (including phenoxy) is 1. The number of hydrogen-bond acceptors (Lipinski definition) is 4. The number of aromatic nitrogens is 2. The van der Waals surface area contributed by atoms with Gasteiger partial charge in [-0.25, -0.2) is 4.68 Å².